The number of carbonyl (C=O) groups excluding carboxylic acids is 1. The van der Waals surface area contributed by atoms with E-state index in [-0.39, 0.29) is 11.3 Å². The van der Waals surface area contributed by atoms with Gasteiger partial charge in [-0.2, -0.15) is 0 Å². The topological polar surface area (TPSA) is 86.5 Å². The van der Waals surface area contributed by atoms with Gasteiger partial charge < -0.3 is 14.8 Å². The maximum Gasteiger partial charge on any atom is 0.293 e. The molecule has 6 heteroatoms. The van der Waals surface area contributed by atoms with Crippen LogP contribution in [0.2, 0.25) is 0 Å². The van der Waals surface area contributed by atoms with Gasteiger partial charge in [-0.3, -0.25) is 10.1 Å². The van der Waals surface area contributed by atoms with Crippen LogP contribution in [-0.4, -0.2) is 24.0 Å². The van der Waals surface area contributed by atoms with Crippen molar-refractivity contribution in [3.8, 4) is 0 Å². The van der Waals surface area contributed by atoms with Crippen LogP contribution in [0, 0.1) is 22.0 Å². The zero-order chi connectivity index (χ0) is 14.9. The van der Waals surface area contributed by atoms with Gasteiger partial charge in [0.25, 0.3) is 5.69 Å². The molecule has 1 fully saturated rings. The van der Waals surface area contributed by atoms with Crippen LogP contribution < -0.4 is 10.0 Å². The zero-order valence-corrected chi connectivity index (χ0v) is 11.5. The van der Waals surface area contributed by atoms with Gasteiger partial charge in [-0.15, -0.1) is 0 Å². The Morgan fingerprint density at radius 2 is 1.90 bits per heavy atom. The molecule has 0 bridgehead atoms. The van der Waals surface area contributed by atoms with Crippen LogP contribution in [0.4, 0.5) is 11.4 Å². The molecule has 0 radical (unpaired) electrons. The first kappa shape index (κ1) is 14.3. The predicted octanol–water partition coefficient (Wildman–Crippen LogP) is 1.44. The monoisotopic (exact) mass is 277 g/mol. The van der Waals surface area contributed by atoms with E-state index in [2.05, 4.69) is 13.8 Å². The molecule has 1 saturated heterocycles. The largest absolute Gasteiger partial charge is 0.545 e. The predicted molar refractivity (Wildman–Crippen MR) is 72.6 cm³/mol. The lowest BCUT2D eigenvalue weighted by Crippen LogP contribution is -2.39. The standard InChI is InChI=1S/C14H18N2O4/c1-9-5-10(2)8-15(7-9)12-4-3-11(14(17)18)6-13(12)16(19)20/h3-4,6,9-10H,5,7-8H2,1-2H3,(H,17,18)/p-1/t9-,10+. The quantitative estimate of drug-likeness (QED) is 0.616. The van der Waals surface area contributed by atoms with Crippen LogP contribution in [0.15, 0.2) is 18.2 Å². The Labute approximate surface area is 117 Å². The van der Waals surface area contributed by atoms with Gasteiger partial charge in [0.15, 0.2) is 0 Å². The number of nitrogens with zero attached hydrogens (tertiary/aromatic N) is 2. The number of aromatic carboxylic acids is 1. The fourth-order valence-corrected chi connectivity index (χ4v) is 2.92. The second kappa shape index (κ2) is 5.48. The van der Waals surface area contributed by atoms with E-state index < -0.39 is 10.9 Å². The number of carboxylic acids is 1. The molecule has 0 aliphatic carbocycles. The average Bonchev–Trinajstić information content (AvgIpc) is 2.36. The first-order valence-corrected chi connectivity index (χ1v) is 6.63. The number of carbonyl (C=O) groups is 1. The lowest BCUT2D eigenvalue weighted by atomic mass is 9.91. The van der Waals surface area contributed by atoms with Gasteiger partial charge in [0.05, 0.1) is 10.9 Å². The summed E-state index contributed by atoms with van der Waals surface area (Å²) in [6.07, 6.45) is 1.10. The van der Waals surface area contributed by atoms with Crippen molar-refractivity contribution in [1.82, 2.24) is 0 Å². The number of nitro benzene ring substituents is 1. The molecule has 0 N–H and O–H groups in total. The van der Waals surface area contributed by atoms with Crippen molar-refractivity contribution in [2.24, 2.45) is 11.8 Å². The first-order valence-electron chi connectivity index (χ1n) is 6.63. The van der Waals surface area contributed by atoms with Gasteiger partial charge in [0.2, 0.25) is 0 Å². The van der Waals surface area contributed by atoms with Crippen molar-refractivity contribution in [3.05, 3.63) is 33.9 Å². The summed E-state index contributed by atoms with van der Waals surface area (Å²) in [7, 11) is 0. The second-order valence-electron chi connectivity index (χ2n) is 5.60. The first-order chi connectivity index (χ1) is 9.38. The zero-order valence-electron chi connectivity index (χ0n) is 11.5. The van der Waals surface area contributed by atoms with Crippen LogP contribution in [-0.2, 0) is 0 Å². The van der Waals surface area contributed by atoms with Crippen molar-refractivity contribution >= 4 is 17.3 Å². The second-order valence-corrected chi connectivity index (χ2v) is 5.60. The van der Waals surface area contributed by atoms with Crippen LogP contribution in [0.1, 0.15) is 30.6 Å². The van der Waals surface area contributed by atoms with Gasteiger partial charge in [0, 0.05) is 24.7 Å². The number of benzene rings is 1. The number of rotatable bonds is 3. The molecule has 0 amide bonds. The fraction of sp³-hybridized carbons (Fsp3) is 0.500. The van der Waals surface area contributed by atoms with Crippen LogP contribution in [0.5, 0.6) is 0 Å². The number of hydrogen-bond acceptors (Lipinski definition) is 5. The molecule has 1 heterocycles. The Morgan fingerprint density at radius 1 is 1.30 bits per heavy atom. The average molecular weight is 277 g/mol. The summed E-state index contributed by atoms with van der Waals surface area (Å²) < 4.78 is 0. The summed E-state index contributed by atoms with van der Waals surface area (Å²) >= 11 is 0. The van der Waals surface area contributed by atoms with Gasteiger partial charge >= 0.3 is 0 Å². The molecule has 2 atom stereocenters. The summed E-state index contributed by atoms with van der Waals surface area (Å²) in [5, 5.41) is 22.0. The highest BCUT2D eigenvalue weighted by molar-refractivity contribution is 5.88. The fourth-order valence-electron chi connectivity index (χ4n) is 2.92. The minimum absolute atomic E-state index is 0.168. The normalized spacial score (nSPS) is 22.6. The molecular formula is C14H17N2O4-. The molecule has 0 spiro atoms. The van der Waals surface area contributed by atoms with Gasteiger partial charge in [-0.1, -0.05) is 19.9 Å². The third kappa shape index (κ3) is 2.89. The van der Waals surface area contributed by atoms with E-state index in [0.717, 1.165) is 25.6 Å². The molecule has 1 aromatic carbocycles. The maximum atomic E-state index is 11.2. The molecule has 0 aromatic heterocycles. The molecule has 108 valence electrons. The summed E-state index contributed by atoms with van der Waals surface area (Å²) in [5.41, 5.74) is 0.143. The smallest absolute Gasteiger partial charge is 0.293 e. The van der Waals surface area contributed by atoms with Gasteiger partial charge in [-0.05, 0) is 24.3 Å². The molecular weight excluding hydrogens is 260 g/mol. The molecule has 0 unspecified atom stereocenters. The number of hydrogen-bond donors (Lipinski definition) is 0. The van der Waals surface area contributed by atoms with E-state index in [9.17, 15) is 20.0 Å². The lowest BCUT2D eigenvalue weighted by molar-refractivity contribution is -0.384. The number of anilines is 1. The lowest BCUT2D eigenvalue weighted by Gasteiger charge is -2.36. The van der Waals surface area contributed by atoms with Crippen molar-refractivity contribution in [1.29, 1.82) is 0 Å². The molecule has 20 heavy (non-hydrogen) atoms. The van der Waals surface area contributed by atoms with Crippen molar-refractivity contribution < 1.29 is 14.8 Å². The maximum absolute atomic E-state index is 11.2. The summed E-state index contributed by atoms with van der Waals surface area (Å²) in [4.78, 5) is 23.4. The highest BCUT2D eigenvalue weighted by atomic mass is 16.6. The molecule has 1 aliphatic rings. The molecule has 1 aliphatic heterocycles. The minimum Gasteiger partial charge on any atom is -0.545 e. The van der Waals surface area contributed by atoms with Crippen molar-refractivity contribution in [2.75, 3.05) is 18.0 Å². The third-order valence-corrected chi connectivity index (χ3v) is 3.62. The van der Waals surface area contributed by atoms with Crippen molar-refractivity contribution in [2.45, 2.75) is 20.3 Å². The number of piperidine rings is 1. The summed E-state index contributed by atoms with van der Waals surface area (Å²) in [6.45, 7) is 5.72. The molecule has 0 saturated carbocycles. The van der Waals surface area contributed by atoms with Crippen LogP contribution in [0.25, 0.3) is 0 Å². The van der Waals surface area contributed by atoms with E-state index in [1.807, 2.05) is 4.90 Å². The van der Waals surface area contributed by atoms with Crippen LogP contribution in [0.3, 0.4) is 0 Å². The highest BCUT2D eigenvalue weighted by Gasteiger charge is 2.27. The Balaban J connectivity index is 2.40. The SMILES string of the molecule is C[C@@H]1C[C@H](C)CN(c2ccc(C(=O)[O-])cc2[N+](=O)[O-])C1. The Hall–Kier alpha value is -2.11. The third-order valence-electron chi connectivity index (χ3n) is 3.62. The number of carboxylic acid groups (broad SMARTS) is 1. The van der Waals surface area contributed by atoms with Crippen molar-refractivity contribution in [3.63, 3.8) is 0 Å². The van der Waals surface area contributed by atoms with E-state index >= 15 is 0 Å². The van der Waals surface area contributed by atoms with E-state index in [4.69, 9.17) is 0 Å². The number of nitro groups is 1. The summed E-state index contributed by atoms with van der Waals surface area (Å²) in [6, 6.07) is 3.95. The molecule has 6 nitrogen and oxygen atoms in total. The van der Waals surface area contributed by atoms with E-state index in [0.29, 0.717) is 17.5 Å². The molecule has 2 rings (SSSR count). The minimum atomic E-state index is -1.40. The van der Waals surface area contributed by atoms with Gasteiger partial charge in [-0.25, -0.2) is 0 Å². The van der Waals surface area contributed by atoms with Gasteiger partial charge in [0.1, 0.15) is 5.69 Å². The molecule has 1 aromatic rings. The van der Waals surface area contributed by atoms with E-state index in [1.54, 1.807) is 0 Å². The van der Waals surface area contributed by atoms with E-state index in [1.165, 1.54) is 12.1 Å². The Bertz CT molecular complexity index is 534. The Kier molecular flexibility index (Phi) is 3.92. The summed E-state index contributed by atoms with van der Waals surface area (Å²) in [5.74, 6) is -0.488. The highest BCUT2D eigenvalue weighted by Crippen LogP contribution is 2.33. The van der Waals surface area contributed by atoms with Crippen LogP contribution >= 0.6 is 0 Å². The Morgan fingerprint density at radius 3 is 2.40 bits per heavy atom.